The van der Waals surface area contributed by atoms with Gasteiger partial charge in [-0.2, -0.15) is 0 Å². The molecule has 0 bridgehead atoms. The predicted octanol–water partition coefficient (Wildman–Crippen LogP) is 7.10. The lowest BCUT2D eigenvalue weighted by atomic mass is 10.1. The summed E-state index contributed by atoms with van der Waals surface area (Å²) >= 11 is 15.8. The topological polar surface area (TPSA) is 35.6 Å². The number of hydrogen-bond donors (Lipinski definition) is 1. The van der Waals surface area contributed by atoms with Crippen LogP contribution in [0.3, 0.4) is 0 Å². The molecule has 0 aliphatic heterocycles. The highest BCUT2D eigenvalue weighted by Crippen LogP contribution is 2.24. The smallest absolute Gasteiger partial charge is 0.322 e. The molecule has 3 aromatic rings. The summed E-state index contributed by atoms with van der Waals surface area (Å²) in [6, 6.07) is 21.0. The molecule has 0 aromatic heterocycles. The lowest BCUT2D eigenvalue weighted by molar-refractivity contribution is 0.210. The van der Waals surface area contributed by atoms with Crippen molar-refractivity contribution < 1.29 is 4.79 Å². The quantitative estimate of drug-likeness (QED) is 0.360. The van der Waals surface area contributed by atoms with Gasteiger partial charge in [-0.3, -0.25) is 0 Å². The van der Waals surface area contributed by atoms with Gasteiger partial charge in [0.1, 0.15) is 0 Å². The summed E-state index contributed by atoms with van der Waals surface area (Å²) in [5.41, 5.74) is 3.84. The molecule has 0 fully saturated rings. The van der Waals surface area contributed by atoms with Crippen LogP contribution in [-0.2, 0) is 13.0 Å². The molecule has 0 heterocycles. The minimum Gasteiger partial charge on any atom is -0.378 e. The van der Waals surface area contributed by atoms with Gasteiger partial charge < -0.3 is 15.1 Å². The SMILES string of the molecule is CN(C)c1ccc(CN(CCc2ccc(Cl)cc2Cl)C(=O)Nc2ccccc2Br)cc1. The second kappa shape index (κ2) is 10.9. The molecule has 4 nitrogen and oxygen atoms in total. The van der Waals surface area contributed by atoms with Crippen molar-refractivity contribution in [2.45, 2.75) is 13.0 Å². The van der Waals surface area contributed by atoms with Gasteiger partial charge in [0.2, 0.25) is 0 Å². The van der Waals surface area contributed by atoms with Crippen LogP contribution in [-0.4, -0.2) is 31.6 Å². The monoisotopic (exact) mass is 519 g/mol. The number of carbonyl (C=O) groups excluding carboxylic acids is 1. The first-order chi connectivity index (χ1) is 14.8. The van der Waals surface area contributed by atoms with Gasteiger partial charge in [0.05, 0.1) is 5.69 Å². The van der Waals surface area contributed by atoms with E-state index in [4.69, 9.17) is 23.2 Å². The van der Waals surface area contributed by atoms with Gasteiger partial charge in [0.15, 0.2) is 0 Å². The molecule has 0 saturated heterocycles. The molecule has 0 atom stereocenters. The van der Waals surface area contributed by atoms with Gasteiger partial charge in [-0.05, 0) is 69.9 Å². The van der Waals surface area contributed by atoms with E-state index >= 15 is 0 Å². The van der Waals surface area contributed by atoms with Gasteiger partial charge >= 0.3 is 6.03 Å². The Hall–Kier alpha value is -2.21. The van der Waals surface area contributed by atoms with Crippen molar-refractivity contribution in [3.05, 3.63) is 92.4 Å². The van der Waals surface area contributed by atoms with Crippen LogP contribution in [0, 0.1) is 0 Å². The van der Waals surface area contributed by atoms with Gasteiger partial charge in [-0.25, -0.2) is 4.79 Å². The summed E-state index contributed by atoms with van der Waals surface area (Å²) in [6.07, 6.45) is 0.620. The minimum atomic E-state index is -0.173. The number of rotatable bonds is 7. The Kier molecular flexibility index (Phi) is 8.24. The highest BCUT2D eigenvalue weighted by Gasteiger charge is 2.16. The number of para-hydroxylation sites is 1. The number of nitrogens with one attached hydrogen (secondary N) is 1. The Balaban J connectivity index is 1.78. The molecule has 0 saturated carbocycles. The van der Waals surface area contributed by atoms with Crippen LogP contribution in [0.2, 0.25) is 10.0 Å². The summed E-state index contributed by atoms with van der Waals surface area (Å²) in [4.78, 5) is 17.0. The van der Waals surface area contributed by atoms with E-state index in [0.29, 0.717) is 29.6 Å². The number of urea groups is 1. The molecule has 3 rings (SSSR count). The fourth-order valence-electron chi connectivity index (χ4n) is 3.11. The number of anilines is 2. The van der Waals surface area contributed by atoms with Gasteiger partial charge in [0.25, 0.3) is 0 Å². The Labute approximate surface area is 201 Å². The lowest BCUT2D eigenvalue weighted by Gasteiger charge is -2.24. The van der Waals surface area contributed by atoms with Crippen LogP contribution in [0.1, 0.15) is 11.1 Å². The number of halogens is 3. The number of amides is 2. The van der Waals surface area contributed by atoms with Crippen LogP contribution in [0.15, 0.2) is 71.2 Å². The van der Waals surface area contributed by atoms with E-state index in [2.05, 4.69) is 33.4 Å². The van der Waals surface area contributed by atoms with E-state index in [1.807, 2.05) is 67.5 Å². The normalized spacial score (nSPS) is 10.6. The molecule has 7 heteroatoms. The maximum absolute atomic E-state index is 13.1. The van der Waals surface area contributed by atoms with E-state index < -0.39 is 0 Å². The molecule has 0 unspecified atom stereocenters. The van der Waals surface area contributed by atoms with E-state index in [1.54, 1.807) is 11.0 Å². The summed E-state index contributed by atoms with van der Waals surface area (Å²) in [6.45, 7) is 0.988. The second-order valence-corrected chi connectivity index (χ2v) is 9.08. The van der Waals surface area contributed by atoms with E-state index in [0.717, 1.165) is 27.0 Å². The Morgan fingerprint density at radius 1 is 1.00 bits per heavy atom. The second-order valence-electron chi connectivity index (χ2n) is 7.38. The van der Waals surface area contributed by atoms with E-state index in [9.17, 15) is 4.79 Å². The van der Waals surface area contributed by atoms with Crippen molar-refractivity contribution in [2.24, 2.45) is 0 Å². The lowest BCUT2D eigenvalue weighted by Crippen LogP contribution is -2.36. The summed E-state index contributed by atoms with van der Waals surface area (Å²) in [5.74, 6) is 0. The van der Waals surface area contributed by atoms with Crippen molar-refractivity contribution >= 4 is 56.5 Å². The Bertz CT molecular complexity index is 1040. The highest BCUT2D eigenvalue weighted by molar-refractivity contribution is 9.10. The maximum Gasteiger partial charge on any atom is 0.322 e. The van der Waals surface area contributed by atoms with E-state index in [-0.39, 0.29) is 6.03 Å². The molecule has 1 N–H and O–H groups in total. The number of nitrogens with zero attached hydrogens (tertiary/aromatic N) is 2. The Morgan fingerprint density at radius 2 is 1.71 bits per heavy atom. The molecular weight excluding hydrogens is 497 g/mol. The summed E-state index contributed by atoms with van der Waals surface area (Å²) < 4.78 is 0.833. The molecule has 162 valence electrons. The fourth-order valence-corrected chi connectivity index (χ4v) is 4.00. The third-order valence-electron chi connectivity index (χ3n) is 4.90. The zero-order valence-corrected chi connectivity index (χ0v) is 20.5. The fraction of sp³-hybridized carbons (Fsp3) is 0.208. The molecule has 0 aliphatic carbocycles. The molecule has 3 aromatic carbocycles. The standard InChI is InChI=1S/C24H24BrCl2N3O/c1-29(2)20-11-7-17(8-12-20)16-30(14-13-18-9-10-19(26)15-22(18)27)24(31)28-23-6-4-3-5-21(23)25/h3-12,15H,13-14,16H2,1-2H3,(H,28,31). The van der Waals surface area contributed by atoms with Crippen molar-refractivity contribution in [1.82, 2.24) is 4.90 Å². The Morgan fingerprint density at radius 3 is 2.35 bits per heavy atom. The number of hydrogen-bond acceptors (Lipinski definition) is 2. The van der Waals surface area contributed by atoms with Crippen molar-refractivity contribution in [3.8, 4) is 0 Å². The first-order valence-electron chi connectivity index (χ1n) is 9.84. The molecule has 0 spiro atoms. The molecular formula is C24H24BrCl2N3O. The van der Waals surface area contributed by atoms with Crippen molar-refractivity contribution in [2.75, 3.05) is 30.9 Å². The molecule has 0 aliphatic rings. The predicted molar refractivity (Wildman–Crippen MR) is 135 cm³/mol. The third-order valence-corrected chi connectivity index (χ3v) is 6.17. The van der Waals surface area contributed by atoms with Gasteiger partial charge in [0, 0.05) is 47.4 Å². The summed E-state index contributed by atoms with van der Waals surface area (Å²) in [5, 5.41) is 4.20. The summed E-state index contributed by atoms with van der Waals surface area (Å²) in [7, 11) is 4.00. The van der Waals surface area contributed by atoms with Crippen LogP contribution in [0.4, 0.5) is 16.2 Å². The van der Waals surface area contributed by atoms with Gasteiger partial charge in [-0.15, -0.1) is 0 Å². The minimum absolute atomic E-state index is 0.173. The molecule has 2 amide bonds. The number of benzene rings is 3. The van der Waals surface area contributed by atoms with Crippen LogP contribution in [0.5, 0.6) is 0 Å². The largest absolute Gasteiger partial charge is 0.378 e. The van der Waals surface area contributed by atoms with Crippen molar-refractivity contribution in [3.63, 3.8) is 0 Å². The molecule has 31 heavy (non-hydrogen) atoms. The molecule has 0 radical (unpaired) electrons. The first kappa shape index (κ1) is 23.5. The maximum atomic E-state index is 13.1. The zero-order chi connectivity index (χ0) is 22.4. The van der Waals surface area contributed by atoms with Crippen LogP contribution in [0.25, 0.3) is 0 Å². The van der Waals surface area contributed by atoms with Crippen molar-refractivity contribution in [1.29, 1.82) is 0 Å². The van der Waals surface area contributed by atoms with E-state index in [1.165, 1.54) is 0 Å². The zero-order valence-electron chi connectivity index (χ0n) is 17.4. The average Bonchev–Trinajstić information content (AvgIpc) is 2.74. The highest BCUT2D eigenvalue weighted by atomic mass is 79.9. The van der Waals surface area contributed by atoms with Gasteiger partial charge in [-0.1, -0.05) is 53.5 Å². The third kappa shape index (κ3) is 6.63. The van der Waals surface area contributed by atoms with Crippen LogP contribution >= 0.6 is 39.1 Å². The number of carbonyl (C=O) groups is 1. The first-order valence-corrected chi connectivity index (χ1v) is 11.4. The van der Waals surface area contributed by atoms with Crippen LogP contribution < -0.4 is 10.2 Å². The average molecular weight is 521 g/mol.